The van der Waals surface area contributed by atoms with Gasteiger partial charge < -0.3 is 10.8 Å². The first-order chi connectivity index (χ1) is 7.88. The summed E-state index contributed by atoms with van der Waals surface area (Å²) < 4.78 is 31.7. The van der Waals surface area contributed by atoms with Crippen LogP contribution in [0, 0.1) is 11.8 Å². The molecule has 0 aromatic carbocycles. The molecule has 92 valence electrons. The zero-order chi connectivity index (χ0) is 13.3. The Balaban J connectivity index is 0.000000325. The van der Waals surface area contributed by atoms with Crippen molar-refractivity contribution in [3.63, 3.8) is 0 Å². The van der Waals surface area contributed by atoms with Crippen LogP contribution < -0.4 is 5.73 Å². The molecule has 1 aromatic rings. The van der Waals surface area contributed by atoms with E-state index in [1.807, 2.05) is 0 Å². The van der Waals surface area contributed by atoms with Crippen LogP contribution in [0.5, 0.6) is 0 Å². The Bertz CT molecular complexity index is 409. The molecular weight excluding hydrogens is 239 g/mol. The van der Waals surface area contributed by atoms with Crippen LogP contribution in [0.25, 0.3) is 0 Å². The van der Waals surface area contributed by atoms with Gasteiger partial charge in [0.15, 0.2) is 0 Å². The summed E-state index contributed by atoms with van der Waals surface area (Å²) in [5, 5.41) is 7.12. The van der Waals surface area contributed by atoms with Gasteiger partial charge in [0.2, 0.25) is 0 Å². The van der Waals surface area contributed by atoms with Gasteiger partial charge in [-0.3, -0.25) is 4.98 Å². The van der Waals surface area contributed by atoms with E-state index in [0.29, 0.717) is 12.2 Å². The first-order valence-corrected chi connectivity index (χ1v) is 4.13. The van der Waals surface area contributed by atoms with Gasteiger partial charge in [-0.1, -0.05) is 5.92 Å². The lowest BCUT2D eigenvalue weighted by Crippen LogP contribution is -2.21. The normalized spacial score (nSPS) is 9.41. The lowest BCUT2D eigenvalue weighted by molar-refractivity contribution is -0.192. The maximum Gasteiger partial charge on any atom is 0.490 e. The molecule has 0 amide bonds. The Labute approximate surface area is 94.5 Å². The van der Waals surface area contributed by atoms with Crippen molar-refractivity contribution < 1.29 is 23.1 Å². The smallest absolute Gasteiger partial charge is 0.475 e. The number of carboxylic acids is 1. The number of rotatable bonds is 0. The molecule has 0 radical (unpaired) electrons. The molecule has 1 heterocycles. The van der Waals surface area contributed by atoms with Crippen LogP contribution >= 0.6 is 0 Å². The second-order valence-corrected chi connectivity index (χ2v) is 2.40. The van der Waals surface area contributed by atoms with E-state index in [1.54, 1.807) is 18.6 Å². The Morgan fingerprint density at radius 2 is 2.06 bits per heavy atom. The highest BCUT2D eigenvalue weighted by atomic mass is 19.4. The van der Waals surface area contributed by atoms with Crippen LogP contribution in [0.1, 0.15) is 5.69 Å². The predicted octanol–water partition coefficient (Wildman–Crippen LogP) is 0.420. The van der Waals surface area contributed by atoms with Crippen LogP contribution in [0.3, 0.4) is 0 Å². The monoisotopic (exact) mass is 247 g/mol. The fourth-order valence-corrected chi connectivity index (χ4v) is 0.505. The van der Waals surface area contributed by atoms with Gasteiger partial charge in [0, 0.05) is 12.4 Å². The summed E-state index contributed by atoms with van der Waals surface area (Å²) >= 11 is 0. The number of aliphatic carboxylic acids is 1. The first kappa shape index (κ1) is 14.9. The molecule has 0 fully saturated rings. The van der Waals surface area contributed by atoms with E-state index in [4.69, 9.17) is 15.6 Å². The highest BCUT2D eigenvalue weighted by molar-refractivity contribution is 5.73. The minimum atomic E-state index is -5.08. The Kier molecular flexibility index (Phi) is 6.28. The molecule has 0 aliphatic carbocycles. The van der Waals surface area contributed by atoms with Gasteiger partial charge in [0.1, 0.15) is 5.69 Å². The number of carboxylic acid groups (broad SMARTS) is 1. The van der Waals surface area contributed by atoms with Crippen molar-refractivity contribution in [2.75, 3.05) is 6.54 Å². The molecule has 1 rings (SSSR count). The van der Waals surface area contributed by atoms with Crippen LogP contribution in [-0.2, 0) is 4.79 Å². The van der Waals surface area contributed by atoms with E-state index in [9.17, 15) is 13.2 Å². The third-order valence-corrected chi connectivity index (χ3v) is 1.12. The van der Waals surface area contributed by atoms with Crippen LogP contribution in [0.15, 0.2) is 18.6 Å². The van der Waals surface area contributed by atoms with E-state index in [0.717, 1.165) is 0 Å². The molecule has 1 aromatic heterocycles. The predicted molar refractivity (Wildman–Crippen MR) is 51.7 cm³/mol. The summed E-state index contributed by atoms with van der Waals surface area (Å²) in [6.07, 6.45) is -0.281. The molecule has 0 unspecified atom stereocenters. The van der Waals surface area contributed by atoms with Crippen molar-refractivity contribution in [3.05, 3.63) is 24.3 Å². The number of hydrogen-bond donors (Lipinski definition) is 2. The molecule has 0 atom stereocenters. The topological polar surface area (TPSA) is 89.1 Å². The van der Waals surface area contributed by atoms with Crippen molar-refractivity contribution in [3.8, 4) is 11.8 Å². The van der Waals surface area contributed by atoms with E-state index < -0.39 is 12.1 Å². The summed E-state index contributed by atoms with van der Waals surface area (Å²) in [7, 11) is 0. The number of carbonyl (C=O) groups is 1. The Morgan fingerprint density at radius 3 is 2.41 bits per heavy atom. The maximum atomic E-state index is 10.6. The standard InChI is InChI=1S/C7H7N3.C2HF3O2/c8-3-1-2-7-6-9-4-5-10-7;3-2(4,5)1(6)7/h4-6H,3,8H2;(H,6,7). The first-order valence-electron chi connectivity index (χ1n) is 4.13. The fourth-order valence-electron chi connectivity index (χ4n) is 0.505. The molecule has 0 saturated carbocycles. The van der Waals surface area contributed by atoms with Crippen molar-refractivity contribution in [1.82, 2.24) is 9.97 Å². The van der Waals surface area contributed by atoms with Gasteiger partial charge in [-0.05, 0) is 5.92 Å². The highest BCUT2D eigenvalue weighted by Crippen LogP contribution is 2.13. The number of nitrogens with zero attached hydrogens (tertiary/aromatic N) is 2. The van der Waals surface area contributed by atoms with E-state index in [1.165, 1.54) is 0 Å². The summed E-state index contributed by atoms with van der Waals surface area (Å²) in [4.78, 5) is 16.7. The Morgan fingerprint density at radius 1 is 1.47 bits per heavy atom. The molecule has 8 heteroatoms. The number of hydrogen-bond acceptors (Lipinski definition) is 4. The van der Waals surface area contributed by atoms with Gasteiger partial charge in [-0.25, -0.2) is 9.78 Å². The SMILES string of the molecule is NCC#Cc1cnccn1.O=C(O)C(F)(F)F. The van der Waals surface area contributed by atoms with Crippen LogP contribution in [-0.4, -0.2) is 33.8 Å². The van der Waals surface area contributed by atoms with Crippen LogP contribution in [0.2, 0.25) is 0 Å². The average Bonchev–Trinajstić information content (AvgIpc) is 2.27. The lowest BCUT2D eigenvalue weighted by Gasteiger charge is -1.93. The van der Waals surface area contributed by atoms with E-state index in [2.05, 4.69) is 21.8 Å². The summed E-state index contributed by atoms with van der Waals surface area (Å²) in [5.41, 5.74) is 5.81. The summed E-state index contributed by atoms with van der Waals surface area (Å²) in [6, 6.07) is 0. The van der Waals surface area contributed by atoms with Gasteiger partial charge in [0.05, 0.1) is 12.7 Å². The van der Waals surface area contributed by atoms with Gasteiger partial charge >= 0.3 is 12.1 Å². The van der Waals surface area contributed by atoms with Crippen molar-refractivity contribution in [2.45, 2.75) is 6.18 Å². The second kappa shape index (κ2) is 7.19. The molecule has 0 spiro atoms. The van der Waals surface area contributed by atoms with Gasteiger partial charge in [-0.15, -0.1) is 0 Å². The summed E-state index contributed by atoms with van der Waals surface area (Å²) in [5.74, 6) is 2.68. The van der Waals surface area contributed by atoms with Gasteiger partial charge in [0.25, 0.3) is 0 Å². The number of halogens is 3. The van der Waals surface area contributed by atoms with Crippen molar-refractivity contribution in [2.24, 2.45) is 5.73 Å². The second-order valence-electron chi connectivity index (χ2n) is 2.40. The van der Waals surface area contributed by atoms with Crippen LogP contribution in [0.4, 0.5) is 13.2 Å². The molecular formula is C9H8F3N3O2. The molecule has 17 heavy (non-hydrogen) atoms. The quantitative estimate of drug-likeness (QED) is 0.648. The third kappa shape index (κ3) is 7.75. The largest absolute Gasteiger partial charge is 0.490 e. The van der Waals surface area contributed by atoms with Crippen molar-refractivity contribution in [1.29, 1.82) is 0 Å². The van der Waals surface area contributed by atoms with Crippen molar-refractivity contribution >= 4 is 5.97 Å². The zero-order valence-electron chi connectivity index (χ0n) is 8.40. The zero-order valence-corrected chi connectivity index (χ0v) is 8.40. The van der Waals surface area contributed by atoms with E-state index >= 15 is 0 Å². The minimum Gasteiger partial charge on any atom is -0.475 e. The lowest BCUT2D eigenvalue weighted by atomic mass is 10.4. The Hall–Kier alpha value is -2.14. The number of alkyl halides is 3. The molecule has 0 bridgehead atoms. The van der Waals surface area contributed by atoms with Gasteiger partial charge in [-0.2, -0.15) is 13.2 Å². The minimum absolute atomic E-state index is 0.358. The highest BCUT2D eigenvalue weighted by Gasteiger charge is 2.38. The maximum absolute atomic E-state index is 10.6. The fraction of sp³-hybridized carbons (Fsp3) is 0.222. The number of aromatic nitrogens is 2. The third-order valence-electron chi connectivity index (χ3n) is 1.12. The molecule has 0 saturated heterocycles. The molecule has 3 N–H and O–H groups in total. The molecule has 0 aliphatic rings. The molecule has 5 nitrogen and oxygen atoms in total. The number of nitrogens with two attached hydrogens (primary N) is 1. The average molecular weight is 247 g/mol. The van der Waals surface area contributed by atoms with E-state index in [-0.39, 0.29) is 0 Å². The summed E-state index contributed by atoms with van der Waals surface area (Å²) in [6.45, 7) is 0.358. The molecule has 0 aliphatic heterocycles.